The fourth-order valence-electron chi connectivity index (χ4n) is 2.01. The predicted octanol–water partition coefficient (Wildman–Crippen LogP) is 4.12. The van der Waals surface area contributed by atoms with E-state index in [0.717, 1.165) is 16.7 Å². The average molecular weight is 254 g/mol. The summed E-state index contributed by atoms with van der Waals surface area (Å²) in [6, 6.07) is 13.7. The number of hydrogen-bond donors (Lipinski definition) is 1. The predicted molar refractivity (Wildman–Crippen MR) is 74.3 cm³/mol. The number of halogens is 1. The van der Waals surface area contributed by atoms with Gasteiger partial charge in [-0.1, -0.05) is 24.3 Å². The maximum Gasteiger partial charge on any atom is 0.140 e. The fraction of sp³-hybridized carbons (Fsp3) is 0.188. The Labute approximate surface area is 112 Å². The van der Waals surface area contributed by atoms with Crippen LogP contribution in [-0.4, -0.2) is 0 Å². The van der Waals surface area contributed by atoms with Crippen LogP contribution < -0.4 is 5.32 Å². The van der Waals surface area contributed by atoms with Gasteiger partial charge in [-0.2, -0.15) is 5.26 Å². The van der Waals surface area contributed by atoms with Crippen molar-refractivity contribution >= 4 is 5.69 Å². The topological polar surface area (TPSA) is 35.8 Å². The molecule has 0 spiro atoms. The molecule has 1 atom stereocenters. The quantitative estimate of drug-likeness (QED) is 0.894. The van der Waals surface area contributed by atoms with Crippen LogP contribution in [0.2, 0.25) is 0 Å². The molecule has 2 aromatic carbocycles. The third-order valence-corrected chi connectivity index (χ3v) is 3.22. The molecule has 1 N–H and O–H groups in total. The molecule has 19 heavy (non-hydrogen) atoms. The molecule has 96 valence electrons. The zero-order valence-electron chi connectivity index (χ0n) is 10.9. The summed E-state index contributed by atoms with van der Waals surface area (Å²) in [6.07, 6.45) is 0. The van der Waals surface area contributed by atoms with Crippen molar-refractivity contribution in [1.82, 2.24) is 0 Å². The minimum absolute atomic E-state index is 0.317. The summed E-state index contributed by atoms with van der Waals surface area (Å²) in [6.45, 7) is 4.00. The second kappa shape index (κ2) is 5.53. The van der Waals surface area contributed by atoms with E-state index >= 15 is 0 Å². The van der Waals surface area contributed by atoms with E-state index in [1.54, 1.807) is 12.1 Å². The molecule has 0 aliphatic rings. The molecule has 0 heterocycles. The van der Waals surface area contributed by atoms with E-state index in [4.69, 9.17) is 0 Å². The van der Waals surface area contributed by atoms with Crippen molar-refractivity contribution in [3.8, 4) is 6.07 Å². The minimum Gasteiger partial charge on any atom is -0.366 e. The van der Waals surface area contributed by atoms with Crippen molar-refractivity contribution in [2.45, 2.75) is 19.9 Å². The summed E-state index contributed by atoms with van der Waals surface area (Å²) in [5, 5.41) is 12.4. The number of nitrogens with one attached hydrogen (secondary N) is 1. The number of aryl methyl sites for hydroxylation is 1. The largest absolute Gasteiger partial charge is 0.366 e. The molecule has 0 aliphatic heterocycles. The Morgan fingerprint density at radius 2 is 1.89 bits per heavy atom. The number of nitrogens with zero attached hydrogens (tertiary/aromatic N) is 1. The summed E-state index contributed by atoms with van der Waals surface area (Å²) < 4.78 is 13.1. The van der Waals surface area contributed by atoms with Gasteiger partial charge in [0.05, 0.1) is 6.07 Å². The lowest BCUT2D eigenvalue weighted by atomic mass is 9.98. The van der Waals surface area contributed by atoms with Crippen molar-refractivity contribution in [3.05, 3.63) is 65.0 Å². The van der Waals surface area contributed by atoms with Gasteiger partial charge in [0.2, 0.25) is 0 Å². The van der Waals surface area contributed by atoms with Gasteiger partial charge in [0.25, 0.3) is 0 Å². The molecule has 0 amide bonds. The first kappa shape index (κ1) is 13.1. The summed E-state index contributed by atoms with van der Waals surface area (Å²) >= 11 is 0. The van der Waals surface area contributed by atoms with Gasteiger partial charge in [-0.15, -0.1) is 0 Å². The molecule has 3 heteroatoms. The van der Waals surface area contributed by atoms with E-state index < -0.39 is 6.04 Å². The summed E-state index contributed by atoms with van der Waals surface area (Å²) in [5.41, 5.74) is 3.75. The SMILES string of the molecule is Cc1cccc(C(C#N)Nc2cccc(F)c2)c1C. The van der Waals surface area contributed by atoms with Crippen LogP contribution in [0.3, 0.4) is 0 Å². The minimum atomic E-state index is -0.485. The Kier molecular flexibility index (Phi) is 3.82. The highest BCUT2D eigenvalue weighted by atomic mass is 19.1. The standard InChI is InChI=1S/C16H15FN2/c1-11-5-3-8-15(12(11)2)16(10-18)19-14-7-4-6-13(17)9-14/h3-9,16,19H,1-2H3. The Hall–Kier alpha value is -2.34. The lowest BCUT2D eigenvalue weighted by Gasteiger charge is -2.16. The second-order valence-electron chi connectivity index (χ2n) is 4.51. The van der Waals surface area contributed by atoms with Crippen LogP contribution in [0.5, 0.6) is 0 Å². The van der Waals surface area contributed by atoms with E-state index in [2.05, 4.69) is 11.4 Å². The van der Waals surface area contributed by atoms with Gasteiger partial charge >= 0.3 is 0 Å². The summed E-state index contributed by atoms with van der Waals surface area (Å²) in [4.78, 5) is 0. The first-order chi connectivity index (χ1) is 9.11. The molecular weight excluding hydrogens is 239 g/mol. The van der Waals surface area contributed by atoms with Crippen molar-refractivity contribution in [1.29, 1.82) is 5.26 Å². The first-order valence-corrected chi connectivity index (χ1v) is 6.09. The van der Waals surface area contributed by atoms with Crippen molar-refractivity contribution in [2.24, 2.45) is 0 Å². The van der Waals surface area contributed by atoms with Crippen molar-refractivity contribution in [2.75, 3.05) is 5.32 Å². The first-order valence-electron chi connectivity index (χ1n) is 6.09. The maximum atomic E-state index is 13.1. The van der Waals surface area contributed by atoms with Gasteiger partial charge in [-0.3, -0.25) is 0 Å². The van der Waals surface area contributed by atoms with Crippen LogP contribution >= 0.6 is 0 Å². The van der Waals surface area contributed by atoms with Gasteiger partial charge < -0.3 is 5.32 Å². The second-order valence-corrected chi connectivity index (χ2v) is 4.51. The zero-order chi connectivity index (χ0) is 13.8. The van der Waals surface area contributed by atoms with E-state index in [1.807, 2.05) is 32.0 Å². The van der Waals surface area contributed by atoms with Gasteiger partial charge in [0, 0.05) is 5.69 Å². The molecule has 0 fully saturated rings. The molecule has 0 saturated carbocycles. The van der Waals surface area contributed by atoms with Gasteiger partial charge in [0.1, 0.15) is 11.9 Å². The Morgan fingerprint density at radius 1 is 1.16 bits per heavy atom. The third kappa shape index (κ3) is 2.92. The fourth-order valence-corrected chi connectivity index (χ4v) is 2.01. The molecule has 0 radical (unpaired) electrons. The summed E-state index contributed by atoms with van der Waals surface area (Å²) in [5.74, 6) is -0.317. The lowest BCUT2D eigenvalue weighted by molar-refractivity contribution is 0.628. The van der Waals surface area contributed by atoms with Crippen LogP contribution in [-0.2, 0) is 0 Å². The van der Waals surface area contributed by atoms with Crippen molar-refractivity contribution < 1.29 is 4.39 Å². The Bertz CT molecular complexity index is 629. The van der Waals surface area contributed by atoms with Crippen LogP contribution in [0, 0.1) is 31.0 Å². The maximum absolute atomic E-state index is 13.1. The normalized spacial score (nSPS) is 11.7. The molecule has 0 bridgehead atoms. The summed E-state index contributed by atoms with van der Waals surface area (Å²) in [7, 11) is 0. The molecule has 2 aromatic rings. The van der Waals surface area contributed by atoms with Gasteiger partial charge in [-0.05, 0) is 48.7 Å². The zero-order valence-corrected chi connectivity index (χ0v) is 10.9. The van der Waals surface area contributed by atoms with Crippen LogP contribution in [0.15, 0.2) is 42.5 Å². The monoisotopic (exact) mass is 254 g/mol. The highest BCUT2D eigenvalue weighted by molar-refractivity contribution is 5.49. The molecular formula is C16H15FN2. The highest BCUT2D eigenvalue weighted by Gasteiger charge is 2.13. The van der Waals surface area contributed by atoms with E-state index in [9.17, 15) is 9.65 Å². The van der Waals surface area contributed by atoms with Gasteiger partial charge in [-0.25, -0.2) is 4.39 Å². The van der Waals surface area contributed by atoms with Crippen LogP contribution in [0.1, 0.15) is 22.7 Å². The number of rotatable bonds is 3. The molecule has 1 unspecified atom stereocenters. The third-order valence-electron chi connectivity index (χ3n) is 3.22. The lowest BCUT2D eigenvalue weighted by Crippen LogP contribution is -2.10. The number of hydrogen-bond acceptors (Lipinski definition) is 2. The molecule has 0 saturated heterocycles. The van der Waals surface area contributed by atoms with Gasteiger partial charge in [0.15, 0.2) is 0 Å². The van der Waals surface area contributed by atoms with Crippen LogP contribution in [0.4, 0.5) is 10.1 Å². The highest BCUT2D eigenvalue weighted by Crippen LogP contribution is 2.24. The molecule has 2 rings (SSSR count). The average Bonchev–Trinajstić information content (AvgIpc) is 2.40. The van der Waals surface area contributed by atoms with E-state index in [-0.39, 0.29) is 5.82 Å². The smallest absolute Gasteiger partial charge is 0.140 e. The Balaban J connectivity index is 2.31. The Morgan fingerprint density at radius 3 is 2.58 bits per heavy atom. The number of nitriles is 1. The van der Waals surface area contributed by atoms with E-state index in [0.29, 0.717) is 5.69 Å². The molecule has 2 nitrogen and oxygen atoms in total. The molecule has 0 aliphatic carbocycles. The number of benzene rings is 2. The molecule has 0 aromatic heterocycles. The van der Waals surface area contributed by atoms with Crippen molar-refractivity contribution in [3.63, 3.8) is 0 Å². The van der Waals surface area contributed by atoms with Crippen LogP contribution in [0.25, 0.3) is 0 Å². The van der Waals surface area contributed by atoms with E-state index in [1.165, 1.54) is 12.1 Å². The number of anilines is 1.